The molecule has 4 rings (SSSR count). The highest BCUT2D eigenvalue weighted by Gasteiger charge is 2.44. The predicted octanol–water partition coefficient (Wildman–Crippen LogP) is 2.40. The van der Waals surface area contributed by atoms with E-state index in [0.717, 1.165) is 42.5 Å². The van der Waals surface area contributed by atoms with Crippen molar-refractivity contribution in [3.63, 3.8) is 0 Å². The topological polar surface area (TPSA) is 67.4 Å². The average Bonchev–Trinajstić information content (AvgIpc) is 3.22. The largest absolute Gasteiger partial charge is 0.373 e. The summed E-state index contributed by atoms with van der Waals surface area (Å²) in [6.45, 7) is 4.40. The molecule has 0 unspecified atom stereocenters. The number of rotatable bonds is 3. The number of hydrogen-bond acceptors (Lipinski definition) is 6. The average molecular weight is 358 g/mol. The summed E-state index contributed by atoms with van der Waals surface area (Å²) in [7, 11) is 0. The summed E-state index contributed by atoms with van der Waals surface area (Å²) in [5.41, 5.74) is 0.521. The molecule has 2 aliphatic rings. The Bertz CT molecular complexity index is 751. The van der Waals surface area contributed by atoms with Crippen LogP contribution in [0.25, 0.3) is 0 Å². The molecule has 1 aromatic heterocycles. The van der Waals surface area contributed by atoms with Crippen molar-refractivity contribution in [2.75, 3.05) is 24.6 Å². The molecule has 6 nitrogen and oxygen atoms in total. The van der Waals surface area contributed by atoms with Crippen molar-refractivity contribution in [2.24, 2.45) is 0 Å². The molecule has 7 heteroatoms. The number of amides is 1. The summed E-state index contributed by atoms with van der Waals surface area (Å²) in [5.74, 6) is -0.00255. The Hall–Kier alpha value is -1.99. The molecule has 132 valence electrons. The molecule has 0 radical (unpaired) electrons. The summed E-state index contributed by atoms with van der Waals surface area (Å²) in [6, 6.07) is 9.54. The minimum Gasteiger partial charge on any atom is -0.373 e. The van der Waals surface area contributed by atoms with Crippen molar-refractivity contribution in [2.45, 2.75) is 37.8 Å². The number of hydrogen-bond donors (Lipinski definition) is 1. The van der Waals surface area contributed by atoms with Gasteiger partial charge in [0.05, 0.1) is 5.60 Å². The fraction of sp³-hybridized carbons (Fsp3) is 0.500. The van der Waals surface area contributed by atoms with Gasteiger partial charge in [0.1, 0.15) is 5.01 Å². The molecule has 1 spiro atoms. The lowest BCUT2D eigenvalue weighted by Crippen LogP contribution is -2.50. The van der Waals surface area contributed by atoms with Gasteiger partial charge in [0.2, 0.25) is 5.13 Å². The number of benzene rings is 1. The normalized spacial score (nSPS) is 26.1. The Kier molecular flexibility index (Phi) is 4.43. The van der Waals surface area contributed by atoms with Crippen molar-refractivity contribution < 1.29 is 9.53 Å². The molecule has 25 heavy (non-hydrogen) atoms. The smallest absolute Gasteiger partial charge is 0.251 e. The molecule has 0 saturated carbocycles. The second-order valence-corrected chi connectivity index (χ2v) is 8.00. The third-order valence-electron chi connectivity index (χ3n) is 4.97. The van der Waals surface area contributed by atoms with Gasteiger partial charge < -0.3 is 15.0 Å². The maximum absolute atomic E-state index is 12.4. The third kappa shape index (κ3) is 3.52. The molecule has 1 N–H and O–H groups in total. The number of nitrogens with zero attached hydrogens (tertiary/aromatic N) is 3. The third-order valence-corrected chi connectivity index (χ3v) is 5.87. The van der Waals surface area contributed by atoms with Crippen LogP contribution in [0.5, 0.6) is 0 Å². The van der Waals surface area contributed by atoms with Gasteiger partial charge in [-0.25, -0.2) is 0 Å². The number of carbonyl (C=O) groups is 1. The lowest BCUT2D eigenvalue weighted by Gasteiger charge is -2.38. The van der Waals surface area contributed by atoms with Gasteiger partial charge in [-0.1, -0.05) is 29.5 Å². The highest BCUT2D eigenvalue weighted by molar-refractivity contribution is 7.15. The number of anilines is 1. The Labute approximate surface area is 151 Å². The number of ether oxygens (including phenoxy) is 1. The Morgan fingerprint density at radius 2 is 2.20 bits per heavy atom. The molecule has 3 heterocycles. The number of aromatic nitrogens is 2. The SMILES string of the molecule is Cc1nnc(N2CC[C@@]3(C[C@H](NC(=O)c4ccccc4)CCO3)C2)s1. The first-order chi connectivity index (χ1) is 12.1. The lowest BCUT2D eigenvalue weighted by molar-refractivity contribution is -0.0720. The van der Waals surface area contributed by atoms with Gasteiger partial charge in [-0.05, 0) is 38.3 Å². The summed E-state index contributed by atoms with van der Waals surface area (Å²) in [6.07, 6.45) is 2.67. The number of carbonyl (C=O) groups excluding carboxylic acids is 1. The van der Waals surface area contributed by atoms with Gasteiger partial charge >= 0.3 is 0 Å². The predicted molar refractivity (Wildman–Crippen MR) is 97.1 cm³/mol. The minimum absolute atomic E-state index is 0.00255. The quantitative estimate of drug-likeness (QED) is 0.913. The van der Waals surface area contributed by atoms with Crippen LogP contribution in [0.4, 0.5) is 5.13 Å². The van der Waals surface area contributed by atoms with Crippen LogP contribution >= 0.6 is 11.3 Å². The van der Waals surface area contributed by atoms with E-state index in [1.807, 2.05) is 37.3 Å². The molecule has 2 aliphatic heterocycles. The zero-order valence-electron chi connectivity index (χ0n) is 14.3. The van der Waals surface area contributed by atoms with Gasteiger partial charge in [-0.2, -0.15) is 0 Å². The standard InChI is InChI=1S/C18H22N4O2S/c1-13-20-21-17(25-13)22-9-8-18(12-22)11-15(7-10-24-18)19-16(23)14-5-3-2-4-6-14/h2-6,15H,7-12H2,1H3,(H,19,23)/t15-,18-/m1/s1. The van der Waals surface area contributed by atoms with E-state index in [4.69, 9.17) is 4.74 Å². The van der Waals surface area contributed by atoms with Crippen LogP contribution in [0.3, 0.4) is 0 Å². The fourth-order valence-corrected chi connectivity index (χ4v) is 4.43. The molecule has 2 atom stereocenters. The van der Waals surface area contributed by atoms with Gasteiger partial charge in [0.25, 0.3) is 5.91 Å². The zero-order chi connectivity index (χ0) is 17.3. The van der Waals surface area contributed by atoms with Crippen LogP contribution in [0, 0.1) is 6.92 Å². The van der Waals surface area contributed by atoms with E-state index in [1.165, 1.54) is 0 Å². The fourth-order valence-electron chi connectivity index (χ4n) is 3.72. The van der Waals surface area contributed by atoms with E-state index in [9.17, 15) is 4.79 Å². The molecular formula is C18H22N4O2S. The van der Waals surface area contributed by atoms with Crippen LogP contribution in [-0.4, -0.2) is 47.4 Å². The zero-order valence-corrected chi connectivity index (χ0v) is 15.1. The summed E-state index contributed by atoms with van der Waals surface area (Å²) >= 11 is 1.62. The molecule has 2 saturated heterocycles. The van der Waals surface area contributed by atoms with Crippen LogP contribution in [0.2, 0.25) is 0 Å². The van der Waals surface area contributed by atoms with Crippen LogP contribution in [-0.2, 0) is 4.74 Å². The second kappa shape index (κ2) is 6.72. The van der Waals surface area contributed by atoms with E-state index in [0.29, 0.717) is 12.2 Å². The van der Waals surface area contributed by atoms with E-state index in [1.54, 1.807) is 11.3 Å². The van der Waals surface area contributed by atoms with Crippen molar-refractivity contribution >= 4 is 22.4 Å². The van der Waals surface area contributed by atoms with Crippen molar-refractivity contribution in [1.82, 2.24) is 15.5 Å². The van der Waals surface area contributed by atoms with E-state index in [2.05, 4.69) is 20.4 Å². The van der Waals surface area contributed by atoms with Crippen molar-refractivity contribution in [3.05, 3.63) is 40.9 Å². The van der Waals surface area contributed by atoms with Gasteiger partial charge in [-0.15, -0.1) is 10.2 Å². The van der Waals surface area contributed by atoms with E-state index in [-0.39, 0.29) is 17.6 Å². The van der Waals surface area contributed by atoms with E-state index < -0.39 is 0 Å². The highest BCUT2D eigenvalue weighted by Crippen LogP contribution is 2.37. The molecule has 2 aromatic rings. The molecule has 1 amide bonds. The van der Waals surface area contributed by atoms with Gasteiger partial charge in [-0.3, -0.25) is 4.79 Å². The first-order valence-corrected chi connectivity index (χ1v) is 9.50. The molecule has 0 aliphatic carbocycles. The van der Waals surface area contributed by atoms with Crippen LogP contribution in [0.1, 0.15) is 34.6 Å². The van der Waals surface area contributed by atoms with Gasteiger partial charge in [0, 0.05) is 31.3 Å². The summed E-state index contributed by atoms with van der Waals surface area (Å²) in [4.78, 5) is 14.7. The maximum atomic E-state index is 12.4. The van der Waals surface area contributed by atoms with Crippen molar-refractivity contribution in [1.29, 1.82) is 0 Å². The number of aryl methyl sites for hydroxylation is 1. The Balaban J connectivity index is 1.40. The van der Waals surface area contributed by atoms with E-state index >= 15 is 0 Å². The monoisotopic (exact) mass is 358 g/mol. The second-order valence-electron chi connectivity index (χ2n) is 6.84. The maximum Gasteiger partial charge on any atom is 0.251 e. The summed E-state index contributed by atoms with van der Waals surface area (Å²) in [5, 5.41) is 13.5. The molecule has 0 bridgehead atoms. The van der Waals surface area contributed by atoms with Crippen molar-refractivity contribution in [3.8, 4) is 0 Å². The summed E-state index contributed by atoms with van der Waals surface area (Å²) < 4.78 is 6.17. The number of nitrogens with one attached hydrogen (secondary N) is 1. The van der Waals surface area contributed by atoms with Gasteiger partial charge in [0.15, 0.2) is 0 Å². The molecule has 1 aromatic carbocycles. The minimum atomic E-state index is -0.188. The first-order valence-electron chi connectivity index (χ1n) is 8.68. The highest BCUT2D eigenvalue weighted by atomic mass is 32.1. The van der Waals surface area contributed by atoms with Crippen LogP contribution in [0.15, 0.2) is 30.3 Å². The Morgan fingerprint density at radius 3 is 2.96 bits per heavy atom. The molecule has 2 fully saturated rings. The van der Waals surface area contributed by atoms with Crippen LogP contribution < -0.4 is 10.2 Å². The first kappa shape index (κ1) is 16.5. The lowest BCUT2D eigenvalue weighted by atomic mass is 9.89. The molecular weight excluding hydrogens is 336 g/mol. The Morgan fingerprint density at radius 1 is 1.36 bits per heavy atom.